The number of halogens is 1. The van der Waals surface area contributed by atoms with Crippen molar-refractivity contribution in [2.75, 3.05) is 20.6 Å². The minimum Gasteiger partial charge on any atom is -0.464 e. The van der Waals surface area contributed by atoms with Gasteiger partial charge in [-0.05, 0) is 43.4 Å². The highest BCUT2D eigenvalue weighted by atomic mass is 35.5. The van der Waals surface area contributed by atoms with Crippen LogP contribution >= 0.6 is 12.4 Å². The van der Waals surface area contributed by atoms with Crippen molar-refractivity contribution >= 4 is 34.6 Å². The lowest BCUT2D eigenvalue weighted by Gasteiger charge is -2.25. The highest BCUT2D eigenvalue weighted by Gasteiger charge is 2.30. The van der Waals surface area contributed by atoms with E-state index in [0.717, 1.165) is 28.2 Å². The van der Waals surface area contributed by atoms with E-state index in [-0.39, 0.29) is 12.4 Å². The molecule has 0 bridgehead atoms. The molecule has 4 rings (SSSR count). The first-order valence-corrected chi connectivity index (χ1v) is 11.4. The zero-order valence-corrected chi connectivity index (χ0v) is 19.3. The first kappa shape index (κ1) is 23.3. The topological polar surface area (TPSA) is 53.8 Å². The third kappa shape index (κ3) is 5.46. The fourth-order valence-corrected chi connectivity index (χ4v) is 5.04. The van der Waals surface area contributed by atoms with E-state index in [1.165, 1.54) is 0 Å². The molecule has 0 atom stereocenters. The summed E-state index contributed by atoms with van der Waals surface area (Å²) in [7, 11) is 0.421. The first-order valence-electron chi connectivity index (χ1n) is 10.0. The van der Waals surface area contributed by atoms with Gasteiger partial charge in [-0.25, -0.2) is 8.42 Å². The van der Waals surface area contributed by atoms with E-state index >= 15 is 0 Å². The number of sulfonamides is 1. The molecular formula is C24H27ClN2O3S. The van der Waals surface area contributed by atoms with Crippen molar-refractivity contribution in [3.05, 3.63) is 88.9 Å². The Bertz CT molecular complexity index is 1140. The molecule has 0 aliphatic carbocycles. The van der Waals surface area contributed by atoms with Crippen LogP contribution in [0.5, 0.6) is 0 Å². The predicted octanol–water partition coefficient (Wildman–Crippen LogP) is 4.68. The molecule has 0 saturated heterocycles. The SMILES string of the molecule is CN(C)Cc1cc2c(o1)CCN(S(=O)(=O)c1ccc(C=Cc3ccccc3)cc1)C2.Cl. The average molecular weight is 459 g/mol. The largest absolute Gasteiger partial charge is 0.464 e. The summed E-state index contributed by atoms with van der Waals surface area (Å²) < 4.78 is 33.7. The van der Waals surface area contributed by atoms with E-state index in [4.69, 9.17) is 4.42 Å². The van der Waals surface area contributed by atoms with E-state index in [0.29, 0.717) is 31.0 Å². The summed E-state index contributed by atoms with van der Waals surface area (Å²) in [6, 6.07) is 19.0. The number of rotatable bonds is 6. The molecule has 0 spiro atoms. The lowest BCUT2D eigenvalue weighted by molar-refractivity contribution is 0.325. The fourth-order valence-electron chi connectivity index (χ4n) is 3.62. The Balaban J connectivity index is 0.00000272. The number of hydrogen-bond donors (Lipinski definition) is 0. The molecule has 0 unspecified atom stereocenters. The molecule has 2 heterocycles. The Kier molecular flexibility index (Phi) is 7.38. The van der Waals surface area contributed by atoms with Gasteiger partial charge in [-0.3, -0.25) is 0 Å². The summed E-state index contributed by atoms with van der Waals surface area (Å²) >= 11 is 0. The molecule has 0 saturated carbocycles. The normalized spacial score (nSPS) is 14.5. The minimum atomic E-state index is -3.55. The van der Waals surface area contributed by atoms with Gasteiger partial charge in [-0.1, -0.05) is 54.6 Å². The third-order valence-electron chi connectivity index (χ3n) is 5.14. The van der Waals surface area contributed by atoms with Gasteiger partial charge in [0.1, 0.15) is 11.5 Å². The molecule has 0 fully saturated rings. The number of benzene rings is 2. The van der Waals surface area contributed by atoms with E-state index in [2.05, 4.69) is 0 Å². The molecule has 7 heteroatoms. The maximum atomic E-state index is 13.1. The maximum absolute atomic E-state index is 13.1. The molecular weight excluding hydrogens is 432 g/mol. The standard InChI is InChI=1S/C24H26N2O3S.ClH/c1-25(2)18-22-16-21-17-26(15-14-24(21)29-22)30(27,28)23-12-10-20(11-13-23)9-8-19-6-4-3-5-7-19;/h3-13,16H,14-15,17-18H2,1-2H3;1H. The van der Waals surface area contributed by atoms with Crippen LogP contribution in [-0.2, 0) is 29.5 Å². The molecule has 0 radical (unpaired) electrons. The van der Waals surface area contributed by atoms with Gasteiger partial charge in [0.2, 0.25) is 10.0 Å². The molecule has 3 aromatic rings. The van der Waals surface area contributed by atoms with Gasteiger partial charge in [0.05, 0.1) is 11.4 Å². The summed E-state index contributed by atoms with van der Waals surface area (Å²) in [4.78, 5) is 2.35. The van der Waals surface area contributed by atoms with Crippen molar-refractivity contribution in [2.45, 2.75) is 24.4 Å². The zero-order chi connectivity index (χ0) is 21.1. The molecule has 164 valence electrons. The Hall–Kier alpha value is -2.38. The van der Waals surface area contributed by atoms with Crippen LogP contribution in [0, 0.1) is 0 Å². The second-order valence-electron chi connectivity index (χ2n) is 7.80. The van der Waals surface area contributed by atoms with Crippen molar-refractivity contribution in [3.63, 3.8) is 0 Å². The second kappa shape index (κ2) is 9.83. The molecule has 1 aliphatic rings. The molecule has 0 N–H and O–H groups in total. The van der Waals surface area contributed by atoms with Crippen LogP contribution < -0.4 is 0 Å². The quantitative estimate of drug-likeness (QED) is 0.503. The van der Waals surface area contributed by atoms with E-state index < -0.39 is 10.0 Å². The van der Waals surface area contributed by atoms with Crippen LogP contribution in [0.1, 0.15) is 28.2 Å². The van der Waals surface area contributed by atoms with Gasteiger partial charge < -0.3 is 9.32 Å². The van der Waals surface area contributed by atoms with E-state index in [9.17, 15) is 8.42 Å². The van der Waals surface area contributed by atoms with Gasteiger partial charge in [0, 0.05) is 25.1 Å². The smallest absolute Gasteiger partial charge is 0.243 e. The predicted molar refractivity (Wildman–Crippen MR) is 126 cm³/mol. The van der Waals surface area contributed by atoms with Gasteiger partial charge in [-0.15, -0.1) is 12.4 Å². The van der Waals surface area contributed by atoms with Crippen LogP contribution in [0.4, 0.5) is 0 Å². The van der Waals surface area contributed by atoms with E-state index in [1.807, 2.05) is 79.7 Å². The molecule has 5 nitrogen and oxygen atoms in total. The highest BCUT2D eigenvalue weighted by Crippen LogP contribution is 2.28. The molecule has 31 heavy (non-hydrogen) atoms. The van der Waals surface area contributed by atoms with Gasteiger partial charge in [-0.2, -0.15) is 4.31 Å². The Labute approximate surface area is 190 Å². The van der Waals surface area contributed by atoms with Crippen LogP contribution in [-0.4, -0.2) is 38.3 Å². The summed E-state index contributed by atoms with van der Waals surface area (Å²) in [6.07, 6.45) is 4.59. The number of furan rings is 1. The number of fused-ring (bicyclic) bond motifs is 1. The van der Waals surface area contributed by atoms with Crippen molar-refractivity contribution < 1.29 is 12.8 Å². The summed E-state index contributed by atoms with van der Waals surface area (Å²) in [5.74, 6) is 1.78. The minimum absolute atomic E-state index is 0. The lowest BCUT2D eigenvalue weighted by Crippen LogP contribution is -2.35. The van der Waals surface area contributed by atoms with Crippen LogP contribution in [0.2, 0.25) is 0 Å². The van der Waals surface area contributed by atoms with Crippen molar-refractivity contribution in [3.8, 4) is 0 Å². The summed E-state index contributed by atoms with van der Waals surface area (Å²) in [5.41, 5.74) is 3.03. The average Bonchev–Trinajstić information content (AvgIpc) is 3.14. The zero-order valence-electron chi connectivity index (χ0n) is 17.7. The van der Waals surface area contributed by atoms with Crippen molar-refractivity contribution in [2.24, 2.45) is 0 Å². The Morgan fingerprint density at radius 1 is 1.00 bits per heavy atom. The van der Waals surface area contributed by atoms with Crippen LogP contribution in [0.3, 0.4) is 0 Å². The van der Waals surface area contributed by atoms with Gasteiger partial charge in [0.25, 0.3) is 0 Å². The second-order valence-corrected chi connectivity index (χ2v) is 9.74. The van der Waals surface area contributed by atoms with Crippen LogP contribution in [0.25, 0.3) is 12.2 Å². The first-order chi connectivity index (χ1) is 14.4. The lowest BCUT2D eigenvalue weighted by atomic mass is 10.1. The molecule has 1 aromatic heterocycles. The molecule has 0 amide bonds. The van der Waals surface area contributed by atoms with Gasteiger partial charge >= 0.3 is 0 Å². The van der Waals surface area contributed by atoms with Crippen LogP contribution in [0.15, 0.2) is 70.0 Å². The van der Waals surface area contributed by atoms with Gasteiger partial charge in [0.15, 0.2) is 0 Å². The van der Waals surface area contributed by atoms with Crippen molar-refractivity contribution in [1.29, 1.82) is 0 Å². The number of hydrogen-bond acceptors (Lipinski definition) is 4. The summed E-state index contributed by atoms with van der Waals surface area (Å²) in [6.45, 7) is 1.49. The van der Waals surface area contributed by atoms with Crippen molar-refractivity contribution in [1.82, 2.24) is 9.21 Å². The molecule has 2 aromatic carbocycles. The summed E-state index contributed by atoms with van der Waals surface area (Å²) in [5, 5.41) is 0. The Morgan fingerprint density at radius 2 is 1.65 bits per heavy atom. The number of nitrogens with zero attached hydrogens (tertiary/aromatic N) is 2. The van der Waals surface area contributed by atoms with E-state index in [1.54, 1.807) is 16.4 Å². The monoisotopic (exact) mass is 458 g/mol. The highest BCUT2D eigenvalue weighted by molar-refractivity contribution is 7.89. The maximum Gasteiger partial charge on any atom is 0.243 e. The Morgan fingerprint density at radius 3 is 2.29 bits per heavy atom. The fraction of sp³-hybridized carbons (Fsp3) is 0.250. The molecule has 1 aliphatic heterocycles. The third-order valence-corrected chi connectivity index (χ3v) is 7.00.